The monoisotopic (exact) mass is 262 g/mol. The maximum atomic E-state index is 13.6. The molecule has 2 rings (SSSR count). The van der Waals surface area contributed by atoms with Crippen molar-refractivity contribution in [3.8, 4) is 0 Å². The van der Waals surface area contributed by atoms with Gasteiger partial charge in [0.25, 0.3) is 5.91 Å². The van der Waals surface area contributed by atoms with Crippen molar-refractivity contribution in [2.45, 2.75) is 20.4 Å². The van der Waals surface area contributed by atoms with Crippen molar-refractivity contribution in [1.29, 1.82) is 0 Å². The van der Waals surface area contributed by atoms with E-state index in [4.69, 9.17) is 5.73 Å². The average Bonchev–Trinajstić information content (AvgIpc) is 2.74. The lowest BCUT2D eigenvalue weighted by Crippen LogP contribution is -2.14. The molecule has 0 unspecified atom stereocenters. The molecule has 5 nitrogen and oxygen atoms in total. The molecule has 0 saturated heterocycles. The molecule has 1 aromatic carbocycles. The summed E-state index contributed by atoms with van der Waals surface area (Å²) >= 11 is 0. The predicted molar refractivity (Wildman–Crippen MR) is 71.4 cm³/mol. The number of anilines is 2. The number of hydrogen-bond acceptors (Lipinski definition) is 3. The Morgan fingerprint density at radius 1 is 1.47 bits per heavy atom. The number of nitrogens with one attached hydrogen (secondary N) is 1. The van der Waals surface area contributed by atoms with Crippen LogP contribution in [0.4, 0.5) is 15.9 Å². The maximum absolute atomic E-state index is 13.6. The molecule has 2 aromatic rings. The van der Waals surface area contributed by atoms with Gasteiger partial charge >= 0.3 is 0 Å². The third-order valence-electron chi connectivity index (χ3n) is 2.72. The van der Waals surface area contributed by atoms with Gasteiger partial charge in [-0.1, -0.05) is 6.07 Å². The Hall–Kier alpha value is -2.37. The Morgan fingerprint density at radius 3 is 2.79 bits per heavy atom. The zero-order chi connectivity index (χ0) is 14.0. The van der Waals surface area contributed by atoms with Crippen LogP contribution in [0.3, 0.4) is 0 Å². The van der Waals surface area contributed by atoms with Gasteiger partial charge in [0, 0.05) is 12.6 Å². The van der Waals surface area contributed by atoms with Crippen molar-refractivity contribution < 1.29 is 9.18 Å². The fraction of sp³-hybridized carbons (Fsp3) is 0.231. The molecule has 0 aliphatic carbocycles. The first kappa shape index (κ1) is 13.1. The van der Waals surface area contributed by atoms with Gasteiger partial charge in [-0.2, -0.15) is 5.10 Å². The number of nitrogen functional groups attached to an aromatic ring is 1. The highest BCUT2D eigenvalue weighted by molar-refractivity contribution is 6.03. The van der Waals surface area contributed by atoms with E-state index in [1.165, 1.54) is 22.9 Å². The third kappa shape index (κ3) is 2.73. The molecule has 0 saturated carbocycles. The topological polar surface area (TPSA) is 72.9 Å². The van der Waals surface area contributed by atoms with E-state index in [2.05, 4.69) is 10.4 Å². The molecule has 19 heavy (non-hydrogen) atoms. The maximum Gasteiger partial charge on any atom is 0.276 e. The quantitative estimate of drug-likeness (QED) is 0.890. The zero-order valence-electron chi connectivity index (χ0n) is 10.8. The second-order valence-corrected chi connectivity index (χ2v) is 4.21. The first-order valence-corrected chi connectivity index (χ1v) is 5.92. The normalized spacial score (nSPS) is 10.5. The molecule has 1 aromatic heterocycles. The number of nitrogens with two attached hydrogens (primary N) is 1. The number of carbonyl (C=O) groups excluding carboxylic acids is 1. The largest absolute Gasteiger partial charge is 0.384 e. The second kappa shape index (κ2) is 5.09. The minimum absolute atomic E-state index is 0.125. The summed E-state index contributed by atoms with van der Waals surface area (Å²) in [7, 11) is 0. The first-order chi connectivity index (χ1) is 9.01. The van der Waals surface area contributed by atoms with E-state index < -0.39 is 11.7 Å². The van der Waals surface area contributed by atoms with Gasteiger partial charge in [-0.15, -0.1) is 0 Å². The summed E-state index contributed by atoms with van der Waals surface area (Å²) in [5.74, 6) is -0.560. The van der Waals surface area contributed by atoms with Crippen LogP contribution in [0.25, 0.3) is 0 Å². The predicted octanol–water partition coefficient (Wildman–Crippen LogP) is 2.19. The van der Waals surface area contributed by atoms with Crippen molar-refractivity contribution in [1.82, 2.24) is 9.78 Å². The van der Waals surface area contributed by atoms with E-state index in [9.17, 15) is 9.18 Å². The zero-order valence-corrected chi connectivity index (χ0v) is 10.8. The molecule has 1 amide bonds. The number of carbonyl (C=O) groups is 1. The molecule has 0 atom stereocenters. The molecule has 0 aliphatic rings. The van der Waals surface area contributed by atoms with Gasteiger partial charge in [-0.05, 0) is 31.5 Å². The van der Waals surface area contributed by atoms with E-state index in [0.717, 1.165) is 5.56 Å². The Morgan fingerprint density at radius 2 is 2.21 bits per heavy atom. The lowest BCUT2D eigenvalue weighted by molar-refractivity contribution is 0.102. The molecule has 3 N–H and O–H groups in total. The molecular formula is C13H15FN4O. The summed E-state index contributed by atoms with van der Waals surface area (Å²) in [4.78, 5) is 11.9. The van der Waals surface area contributed by atoms with E-state index in [0.29, 0.717) is 12.4 Å². The van der Waals surface area contributed by atoms with Crippen molar-refractivity contribution in [2.24, 2.45) is 0 Å². The summed E-state index contributed by atoms with van der Waals surface area (Å²) in [5, 5.41) is 6.50. The minimum Gasteiger partial charge on any atom is -0.384 e. The summed E-state index contributed by atoms with van der Waals surface area (Å²) in [6, 6.07) is 6.06. The lowest BCUT2D eigenvalue weighted by atomic mass is 10.2. The molecule has 0 spiro atoms. The number of rotatable bonds is 3. The van der Waals surface area contributed by atoms with Crippen LogP contribution in [-0.2, 0) is 6.54 Å². The van der Waals surface area contributed by atoms with Crippen LogP contribution in [0, 0.1) is 12.7 Å². The molecule has 0 aliphatic heterocycles. The summed E-state index contributed by atoms with van der Waals surface area (Å²) in [6.07, 6.45) is 0. The second-order valence-electron chi connectivity index (χ2n) is 4.21. The smallest absolute Gasteiger partial charge is 0.276 e. The highest BCUT2D eigenvalue weighted by Crippen LogP contribution is 2.16. The first-order valence-electron chi connectivity index (χ1n) is 5.92. The van der Waals surface area contributed by atoms with Gasteiger partial charge < -0.3 is 11.1 Å². The Balaban J connectivity index is 2.20. The molecule has 0 fully saturated rings. The van der Waals surface area contributed by atoms with Crippen molar-refractivity contribution in [2.75, 3.05) is 11.1 Å². The average molecular weight is 262 g/mol. The number of aryl methyl sites for hydroxylation is 2. The summed E-state index contributed by atoms with van der Waals surface area (Å²) < 4.78 is 15.1. The highest BCUT2D eigenvalue weighted by Gasteiger charge is 2.14. The van der Waals surface area contributed by atoms with E-state index in [-0.39, 0.29) is 11.4 Å². The third-order valence-corrected chi connectivity index (χ3v) is 2.72. The van der Waals surface area contributed by atoms with Gasteiger partial charge in [0.15, 0.2) is 5.69 Å². The van der Waals surface area contributed by atoms with Crippen LogP contribution < -0.4 is 11.1 Å². The Labute approximate surface area is 110 Å². The van der Waals surface area contributed by atoms with Crippen LogP contribution in [0.5, 0.6) is 0 Å². The van der Waals surface area contributed by atoms with E-state index in [1.54, 1.807) is 13.0 Å². The van der Waals surface area contributed by atoms with Crippen molar-refractivity contribution in [3.05, 3.63) is 41.3 Å². The van der Waals surface area contributed by atoms with Crippen LogP contribution >= 0.6 is 0 Å². The Kier molecular flexibility index (Phi) is 3.50. The number of hydrogen-bond donors (Lipinski definition) is 2. The molecule has 100 valence electrons. The fourth-order valence-electron chi connectivity index (χ4n) is 1.70. The molecule has 1 heterocycles. The van der Waals surface area contributed by atoms with E-state index in [1.807, 2.05) is 6.92 Å². The number of amides is 1. The van der Waals surface area contributed by atoms with Gasteiger partial charge in [0.2, 0.25) is 0 Å². The minimum atomic E-state index is -0.485. The number of benzene rings is 1. The summed E-state index contributed by atoms with van der Waals surface area (Å²) in [6.45, 7) is 4.21. The SMILES string of the molecule is CCn1nc(C(=O)Nc2ccc(C)cc2F)cc1N. The molecule has 0 bridgehead atoms. The fourth-order valence-corrected chi connectivity index (χ4v) is 1.70. The van der Waals surface area contributed by atoms with Crippen LogP contribution in [-0.4, -0.2) is 15.7 Å². The van der Waals surface area contributed by atoms with E-state index >= 15 is 0 Å². The number of halogens is 1. The molecular weight excluding hydrogens is 247 g/mol. The van der Waals surface area contributed by atoms with Crippen molar-refractivity contribution >= 4 is 17.4 Å². The Bertz CT molecular complexity index is 621. The van der Waals surface area contributed by atoms with Gasteiger partial charge in [0.1, 0.15) is 11.6 Å². The van der Waals surface area contributed by atoms with Crippen LogP contribution in [0.1, 0.15) is 23.0 Å². The van der Waals surface area contributed by atoms with Crippen LogP contribution in [0.15, 0.2) is 24.3 Å². The number of nitrogens with zero attached hydrogens (tertiary/aromatic N) is 2. The molecule has 6 heteroatoms. The van der Waals surface area contributed by atoms with Crippen LogP contribution in [0.2, 0.25) is 0 Å². The van der Waals surface area contributed by atoms with Gasteiger partial charge in [0.05, 0.1) is 5.69 Å². The van der Waals surface area contributed by atoms with Crippen molar-refractivity contribution in [3.63, 3.8) is 0 Å². The molecule has 0 radical (unpaired) electrons. The number of aromatic nitrogens is 2. The highest BCUT2D eigenvalue weighted by atomic mass is 19.1. The van der Waals surface area contributed by atoms with Gasteiger partial charge in [-0.25, -0.2) is 9.07 Å². The lowest BCUT2D eigenvalue weighted by Gasteiger charge is -2.05. The summed E-state index contributed by atoms with van der Waals surface area (Å²) in [5.41, 5.74) is 6.76. The standard InChI is InChI=1S/C13H15FN4O/c1-3-18-12(15)7-11(17-18)13(19)16-10-5-4-8(2)6-9(10)14/h4-7H,3,15H2,1-2H3,(H,16,19). The van der Waals surface area contributed by atoms with Gasteiger partial charge in [-0.3, -0.25) is 4.79 Å².